The zero-order chi connectivity index (χ0) is 13.7. The molecule has 1 N–H and O–H groups in total. The van der Waals surface area contributed by atoms with Gasteiger partial charge in [-0.2, -0.15) is 0 Å². The third-order valence-electron chi connectivity index (χ3n) is 3.81. The summed E-state index contributed by atoms with van der Waals surface area (Å²) in [6.45, 7) is 5.85. The van der Waals surface area contributed by atoms with E-state index in [2.05, 4.69) is 18.3 Å². The lowest BCUT2D eigenvalue weighted by Gasteiger charge is -2.25. The fourth-order valence-electron chi connectivity index (χ4n) is 2.59. The maximum absolute atomic E-state index is 12.4. The molecule has 1 aliphatic heterocycles. The van der Waals surface area contributed by atoms with Crippen LogP contribution in [-0.4, -0.2) is 29.9 Å². The van der Waals surface area contributed by atoms with E-state index in [0.717, 1.165) is 31.6 Å². The van der Waals surface area contributed by atoms with Crippen molar-refractivity contribution in [3.63, 3.8) is 0 Å². The third kappa shape index (κ3) is 3.72. The molecule has 1 heterocycles. The molecule has 0 spiro atoms. The first-order chi connectivity index (χ1) is 9.18. The first kappa shape index (κ1) is 13.9. The van der Waals surface area contributed by atoms with Crippen molar-refractivity contribution < 1.29 is 4.79 Å². The predicted octanol–water partition coefficient (Wildman–Crippen LogP) is 3.20. The van der Waals surface area contributed by atoms with Gasteiger partial charge in [0.1, 0.15) is 6.04 Å². The Balaban J connectivity index is 1.97. The van der Waals surface area contributed by atoms with Crippen LogP contribution in [0.1, 0.15) is 38.2 Å². The zero-order valence-corrected chi connectivity index (χ0v) is 12.0. The molecule has 0 radical (unpaired) electrons. The van der Waals surface area contributed by atoms with Gasteiger partial charge in [0.25, 0.3) is 0 Å². The molecule has 0 bridgehead atoms. The van der Waals surface area contributed by atoms with Crippen molar-refractivity contribution in [3.8, 4) is 0 Å². The van der Waals surface area contributed by atoms with Gasteiger partial charge in [0.2, 0.25) is 5.91 Å². The van der Waals surface area contributed by atoms with Crippen LogP contribution in [0.4, 0.5) is 5.69 Å². The molecule has 1 aliphatic rings. The average Bonchev–Trinajstić information content (AvgIpc) is 2.69. The van der Waals surface area contributed by atoms with Gasteiger partial charge in [-0.1, -0.05) is 31.0 Å². The van der Waals surface area contributed by atoms with Crippen molar-refractivity contribution in [1.29, 1.82) is 0 Å². The number of hydrogen-bond donors (Lipinski definition) is 1. The Labute approximate surface area is 116 Å². The largest absolute Gasteiger partial charge is 0.374 e. The molecule has 1 aromatic rings. The normalized spacial score (nSPS) is 17.7. The Hall–Kier alpha value is -1.51. The minimum absolute atomic E-state index is 0.154. The number of carbonyl (C=O) groups excluding carboxylic acids is 1. The molecule has 1 saturated heterocycles. The van der Waals surface area contributed by atoms with Crippen LogP contribution < -0.4 is 5.32 Å². The van der Waals surface area contributed by atoms with Gasteiger partial charge in [0.05, 0.1) is 0 Å². The summed E-state index contributed by atoms with van der Waals surface area (Å²) in [5.41, 5.74) is 2.23. The molecule has 1 aromatic carbocycles. The van der Waals surface area contributed by atoms with Crippen molar-refractivity contribution in [2.24, 2.45) is 0 Å². The number of hydrogen-bond acceptors (Lipinski definition) is 2. The van der Waals surface area contributed by atoms with E-state index in [1.54, 1.807) is 0 Å². The molecule has 19 heavy (non-hydrogen) atoms. The fourth-order valence-corrected chi connectivity index (χ4v) is 2.59. The first-order valence-electron chi connectivity index (χ1n) is 7.29. The lowest BCUT2D eigenvalue weighted by Crippen LogP contribution is -2.41. The molecule has 1 atom stereocenters. The van der Waals surface area contributed by atoms with Gasteiger partial charge in [-0.3, -0.25) is 4.79 Å². The smallest absolute Gasteiger partial charge is 0.244 e. The number of anilines is 1. The molecule has 3 heteroatoms. The van der Waals surface area contributed by atoms with Crippen LogP contribution in [0.5, 0.6) is 0 Å². The summed E-state index contributed by atoms with van der Waals surface area (Å²) in [4.78, 5) is 14.4. The highest BCUT2D eigenvalue weighted by molar-refractivity contribution is 5.84. The molecule has 3 nitrogen and oxygen atoms in total. The van der Waals surface area contributed by atoms with E-state index >= 15 is 0 Å². The zero-order valence-electron chi connectivity index (χ0n) is 12.0. The maximum atomic E-state index is 12.4. The number of aryl methyl sites for hydroxylation is 1. The summed E-state index contributed by atoms with van der Waals surface area (Å²) >= 11 is 0. The second-order valence-electron chi connectivity index (χ2n) is 5.42. The third-order valence-corrected chi connectivity index (χ3v) is 3.81. The highest BCUT2D eigenvalue weighted by atomic mass is 16.2. The Kier molecular flexibility index (Phi) is 4.83. The van der Waals surface area contributed by atoms with Crippen LogP contribution in [0.25, 0.3) is 0 Å². The van der Waals surface area contributed by atoms with Gasteiger partial charge in [0.15, 0.2) is 0 Å². The van der Waals surface area contributed by atoms with Crippen molar-refractivity contribution in [2.75, 3.05) is 18.4 Å². The van der Waals surface area contributed by atoms with Gasteiger partial charge >= 0.3 is 0 Å². The molecule has 0 saturated carbocycles. The maximum Gasteiger partial charge on any atom is 0.244 e. The number of amides is 1. The molecule has 0 aromatic heterocycles. The summed E-state index contributed by atoms with van der Waals surface area (Å²) in [5.74, 6) is 0.227. The first-order valence-corrected chi connectivity index (χ1v) is 7.29. The highest BCUT2D eigenvalue weighted by Crippen LogP contribution is 2.16. The topological polar surface area (TPSA) is 32.3 Å². The van der Waals surface area contributed by atoms with Gasteiger partial charge in [-0.25, -0.2) is 0 Å². The number of benzene rings is 1. The molecule has 2 rings (SSSR count). The van der Waals surface area contributed by atoms with Crippen LogP contribution in [0.15, 0.2) is 24.3 Å². The molecular weight excluding hydrogens is 236 g/mol. The minimum atomic E-state index is -0.154. The Morgan fingerprint density at radius 3 is 2.42 bits per heavy atom. The quantitative estimate of drug-likeness (QED) is 0.905. The second-order valence-corrected chi connectivity index (χ2v) is 5.42. The SMILES string of the molecule is Cc1ccccc1NC(C)C(=O)N1CCCCCC1. The van der Waals surface area contributed by atoms with Gasteiger partial charge < -0.3 is 10.2 Å². The van der Waals surface area contributed by atoms with Crippen LogP contribution in [0, 0.1) is 6.92 Å². The minimum Gasteiger partial charge on any atom is -0.374 e. The van der Waals surface area contributed by atoms with Crippen LogP contribution in [0.3, 0.4) is 0 Å². The fraction of sp³-hybridized carbons (Fsp3) is 0.562. The average molecular weight is 260 g/mol. The van der Waals surface area contributed by atoms with Crippen molar-refractivity contribution in [2.45, 2.75) is 45.6 Å². The predicted molar refractivity (Wildman–Crippen MR) is 79.3 cm³/mol. The van der Waals surface area contributed by atoms with Crippen LogP contribution in [-0.2, 0) is 4.79 Å². The number of rotatable bonds is 3. The van der Waals surface area contributed by atoms with E-state index in [4.69, 9.17) is 0 Å². The molecule has 1 fully saturated rings. The Bertz CT molecular complexity index is 423. The Morgan fingerprint density at radius 2 is 1.79 bits per heavy atom. The molecule has 1 unspecified atom stereocenters. The van der Waals surface area contributed by atoms with Crippen LogP contribution >= 0.6 is 0 Å². The van der Waals surface area contributed by atoms with E-state index in [0.29, 0.717) is 0 Å². The highest BCUT2D eigenvalue weighted by Gasteiger charge is 2.21. The summed E-state index contributed by atoms with van der Waals surface area (Å²) in [7, 11) is 0. The van der Waals surface area contributed by atoms with E-state index in [-0.39, 0.29) is 11.9 Å². The van der Waals surface area contributed by atoms with Gasteiger partial charge in [-0.05, 0) is 38.3 Å². The molecule has 0 aliphatic carbocycles. The number of likely N-dealkylation sites (tertiary alicyclic amines) is 1. The summed E-state index contributed by atoms with van der Waals surface area (Å²) in [6, 6.07) is 7.95. The van der Waals surface area contributed by atoms with Crippen LogP contribution in [0.2, 0.25) is 0 Å². The van der Waals surface area contributed by atoms with E-state index in [9.17, 15) is 4.79 Å². The number of nitrogens with one attached hydrogen (secondary N) is 1. The van der Waals surface area contributed by atoms with E-state index < -0.39 is 0 Å². The number of carbonyl (C=O) groups is 1. The lowest BCUT2D eigenvalue weighted by molar-refractivity contribution is -0.131. The van der Waals surface area contributed by atoms with Gasteiger partial charge in [-0.15, -0.1) is 0 Å². The lowest BCUT2D eigenvalue weighted by atomic mass is 10.1. The molecule has 104 valence electrons. The van der Waals surface area contributed by atoms with Gasteiger partial charge in [0, 0.05) is 18.8 Å². The van der Waals surface area contributed by atoms with E-state index in [1.165, 1.54) is 18.4 Å². The van der Waals surface area contributed by atoms with Crippen molar-refractivity contribution >= 4 is 11.6 Å². The summed E-state index contributed by atoms with van der Waals surface area (Å²) < 4.78 is 0. The standard InChI is InChI=1S/C16H24N2O/c1-13-9-5-6-10-15(13)17-14(2)16(19)18-11-7-3-4-8-12-18/h5-6,9-10,14,17H,3-4,7-8,11-12H2,1-2H3. The van der Waals surface area contributed by atoms with E-state index in [1.807, 2.05) is 30.0 Å². The molecular formula is C16H24N2O. The number of nitrogens with zero attached hydrogens (tertiary/aromatic N) is 1. The van der Waals surface area contributed by atoms with Crippen molar-refractivity contribution in [1.82, 2.24) is 4.90 Å². The summed E-state index contributed by atoms with van der Waals surface area (Å²) in [5, 5.41) is 3.34. The Morgan fingerprint density at radius 1 is 1.16 bits per heavy atom. The summed E-state index contributed by atoms with van der Waals surface area (Å²) in [6.07, 6.45) is 4.79. The monoisotopic (exact) mass is 260 g/mol. The second kappa shape index (κ2) is 6.60. The van der Waals surface area contributed by atoms with Crippen molar-refractivity contribution in [3.05, 3.63) is 29.8 Å². The molecule has 1 amide bonds. The number of para-hydroxylation sites is 1.